The molecule has 0 aromatic rings. The van der Waals surface area contributed by atoms with Gasteiger partial charge in [0, 0.05) is 13.5 Å². The van der Waals surface area contributed by atoms with Gasteiger partial charge in [0.15, 0.2) is 0 Å². The summed E-state index contributed by atoms with van der Waals surface area (Å²) in [5.41, 5.74) is 0. The van der Waals surface area contributed by atoms with Crippen molar-refractivity contribution >= 4 is 13.8 Å². The molecule has 0 saturated heterocycles. The molecular formula is C14H31NO7P+. The Morgan fingerprint density at radius 1 is 1.17 bits per heavy atom. The zero-order valence-electron chi connectivity index (χ0n) is 14.8. The average molecular weight is 356 g/mol. The standard InChI is InChI=1S/C14H30NO7P/c1-6-15(5,7-2)9-10-20-23(17,18)21-12-14(11-19-8-3)22-13(4)16/h14H,6-12H2,1-5H3/p+1/t14-/m0/s1. The maximum Gasteiger partial charge on any atom is 0.472 e. The van der Waals surface area contributed by atoms with E-state index in [1.54, 1.807) is 6.92 Å². The molecule has 0 bridgehead atoms. The van der Waals surface area contributed by atoms with Gasteiger partial charge in [0.1, 0.15) is 19.3 Å². The van der Waals surface area contributed by atoms with Crippen LogP contribution in [0.15, 0.2) is 0 Å². The molecule has 0 aromatic heterocycles. The van der Waals surface area contributed by atoms with Crippen molar-refractivity contribution in [1.82, 2.24) is 0 Å². The van der Waals surface area contributed by atoms with Gasteiger partial charge in [0.25, 0.3) is 0 Å². The second-order valence-electron chi connectivity index (χ2n) is 5.46. The number of phosphoric acid groups is 1. The zero-order chi connectivity index (χ0) is 17.9. The van der Waals surface area contributed by atoms with Crippen LogP contribution in [0.2, 0.25) is 0 Å². The summed E-state index contributed by atoms with van der Waals surface area (Å²) in [6.45, 7) is 9.94. The number of rotatable bonds is 13. The van der Waals surface area contributed by atoms with E-state index in [1.165, 1.54) is 6.92 Å². The van der Waals surface area contributed by atoms with Crippen molar-refractivity contribution in [3.8, 4) is 0 Å². The van der Waals surface area contributed by atoms with Gasteiger partial charge in [-0.1, -0.05) is 0 Å². The third-order valence-electron chi connectivity index (χ3n) is 3.68. The lowest BCUT2D eigenvalue weighted by Crippen LogP contribution is -2.45. The molecular weight excluding hydrogens is 325 g/mol. The minimum atomic E-state index is -4.19. The van der Waals surface area contributed by atoms with E-state index in [1.807, 2.05) is 7.05 Å². The predicted octanol–water partition coefficient (Wildman–Crippen LogP) is 1.57. The van der Waals surface area contributed by atoms with Crippen LogP contribution in [0.4, 0.5) is 0 Å². The Hall–Kier alpha value is -0.500. The number of hydrogen-bond donors (Lipinski definition) is 1. The maximum absolute atomic E-state index is 11.9. The first kappa shape index (κ1) is 22.5. The lowest BCUT2D eigenvalue weighted by Gasteiger charge is -2.32. The molecule has 9 heteroatoms. The Bertz CT molecular complexity index is 387. The molecule has 138 valence electrons. The minimum Gasteiger partial charge on any atom is -0.458 e. The highest BCUT2D eigenvalue weighted by molar-refractivity contribution is 7.47. The summed E-state index contributed by atoms with van der Waals surface area (Å²) >= 11 is 0. The molecule has 1 N–H and O–H groups in total. The van der Waals surface area contributed by atoms with Gasteiger partial charge in [-0.25, -0.2) is 4.57 Å². The Morgan fingerprint density at radius 2 is 1.78 bits per heavy atom. The maximum atomic E-state index is 11.9. The van der Waals surface area contributed by atoms with E-state index < -0.39 is 19.9 Å². The number of quaternary nitrogens is 1. The van der Waals surface area contributed by atoms with E-state index in [9.17, 15) is 14.3 Å². The van der Waals surface area contributed by atoms with E-state index in [-0.39, 0.29) is 19.8 Å². The number of phosphoric ester groups is 1. The van der Waals surface area contributed by atoms with Crippen molar-refractivity contribution < 1.29 is 37.3 Å². The van der Waals surface area contributed by atoms with E-state index in [0.717, 1.165) is 17.6 Å². The first-order valence-corrected chi connectivity index (χ1v) is 9.38. The molecule has 0 aromatic carbocycles. The number of carbonyl (C=O) groups is 1. The zero-order valence-corrected chi connectivity index (χ0v) is 15.7. The van der Waals surface area contributed by atoms with Crippen molar-refractivity contribution in [1.29, 1.82) is 0 Å². The SMILES string of the molecule is CCOC[C@@H](COP(=O)(O)OCC[N+](C)(CC)CC)OC(C)=O. The summed E-state index contributed by atoms with van der Waals surface area (Å²) in [5.74, 6) is -0.508. The summed E-state index contributed by atoms with van der Waals surface area (Å²) in [6, 6.07) is 0. The molecule has 0 saturated carbocycles. The summed E-state index contributed by atoms with van der Waals surface area (Å²) in [7, 11) is -2.14. The van der Waals surface area contributed by atoms with Crippen LogP contribution < -0.4 is 0 Å². The molecule has 0 radical (unpaired) electrons. The van der Waals surface area contributed by atoms with Crippen LogP contribution in [-0.4, -0.2) is 74.6 Å². The summed E-state index contributed by atoms with van der Waals surface area (Å²) in [6.07, 6.45) is -0.746. The van der Waals surface area contributed by atoms with Gasteiger partial charge in [-0.15, -0.1) is 0 Å². The van der Waals surface area contributed by atoms with Crippen molar-refractivity contribution in [2.75, 3.05) is 53.1 Å². The monoisotopic (exact) mass is 356 g/mol. The molecule has 1 unspecified atom stereocenters. The number of hydrogen-bond acceptors (Lipinski definition) is 6. The van der Waals surface area contributed by atoms with Crippen molar-refractivity contribution in [3.05, 3.63) is 0 Å². The summed E-state index contributed by atoms with van der Waals surface area (Å²) in [4.78, 5) is 20.7. The summed E-state index contributed by atoms with van der Waals surface area (Å²) < 4.78 is 32.6. The molecule has 23 heavy (non-hydrogen) atoms. The Labute approximate surface area is 138 Å². The second kappa shape index (κ2) is 11.1. The van der Waals surface area contributed by atoms with Gasteiger partial charge < -0.3 is 18.9 Å². The van der Waals surface area contributed by atoms with Crippen molar-refractivity contribution in [2.24, 2.45) is 0 Å². The number of ether oxygens (including phenoxy) is 2. The van der Waals surface area contributed by atoms with Gasteiger partial charge in [-0.2, -0.15) is 0 Å². The molecule has 8 nitrogen and oxygen atoms in total. The summed E-state index contributed by atoms with van der Waals surface area (Å²) in [5, 5.41) is 0. The van der Waals surface area contributed by atoms with Crippen LogP contribution in [0.3, 0.4) is 0 Å². The molecule has 0 aliphatic rings. The van der Waals surface area contributed by atoms with Gasteiger partial charge in [-0.05, 0) is 20.8 Å². The smallest absolute Gasteiger partial charge is 0.458 e. The van der Waals surface area contributed by atoms with Crippen LogP contribution in [0.25, 0.3) is 0 Å². The molecule has 0 spiro atoms. The number of likely N-dealkylation sites (N-methyl/N-ethyl adjacent to an activating group) is 1. The van der Waals surface area contributed by atoms with Crippen molar-refractivity contribution in [3.63, 3.8) is 0 Å². The Kier molecular flexibility index (Phi) is 10.9. The molecule has 0 amide bonds. The number of esters is 1. The molecule has 2 atom stereocenters. The van der Waals surface area contributed by atoms with E-state index >= 15 is 0 Å². The molecule has 0 heterocycles. The van der Waals surface area contributed by atoms with Gasteiger partial charge in [0.2, 0.25) is 0 Å². The van der Waals surface area contributed by atoms with E-state index in [0.29, 0.717) is 13.2 Å². The van der Waals surface area contributed by atoms with Gasteiger partial charge in [-0.3, -0.25) is 13.8 Å². The Morgan fingerprint density at radius 3 is 2.26 bits per heavy atom. The lowest BCUT2D eigenvalue weighted by molar-refractivity contribution is -0.906. The van der Waals surface area contributed by atoms with Crippen LogP contribution in [-0.2, 0) is 27.9 Å². The number of nitrogens with zero attached hydrogens (tertiary/aromatic N) is 1. The van der Waals surface area contributed by atoms with E-state index in [2.05, 4.69) is 13.8 Å². The lowest BCUT2D eigenvalue weighted by atomic mass is 10.4. The third-order valence-corrected chi connectivity index (χ3v) is 4.66. The van der Waals surface area contributed by atoms with E-state index in [4.69, 9.17) is 18.5 Å². The fourth-order valence-electron chi connectivity index (χ4n) is 1.73. The fourth-order valence-corrected chi connectivity index (χ4v) is 2.47. The molecule has 0 fully saturated rings. The van der Waals surface area contributed by atoms with Crippen LogP contribution in [0.1, 0.15) is 27.7 Å². The van der Waals surface area contributed by atoms with Gasteiger partial charge >= 0.3 is 13.8 Å². The third kappa shape index (κ3) is 10.8. The quantitative estimate of drug-likeness (QED) is 0.304. The molecule has 0 aliphatic carbocycles. The fraction of sp³-hybridized carbons (Fsp3) is 0.929. The van der Waals surface area contributed by atoms with Crippen LogP contribution >= 0.6 is 7.82 Å². The molecule has 0 rings (SSSR count). The van der Waals surface area contributed by atoms with Gasteiger partial charge in [0.05, 0.1) is 33.4 Å². The predicted molar refractivity (Wildman–Crippen MR) is 85.9 cm³/mol. The highest BCUT2D eigenvalue weighted by Crippen LogP contribution is 2.43. The molecule has 0 aliphatic heterocycles. The first-order chi connectivity index (χ1) is 10.7. The van der Waals surface area contributed by atoms with Crippen LogP contribution in [0, 0.1) is 0 Å². The normalized spacial score (nSPS) is 15.9. The highest BCUT2D eigenvalue weighted by Gasteiger charge is 2.26. The van der Waals surface area contributed by atoms with Crippen molar-refractivity contribution in [2.45, 2.75) is 33.8 Å². The Balaban J connectivity index is 4.31. The first-order valence-electron chi connectivity index (χ1n) is 7.88. The minimum absolute atomic E-state index is 0.0940. The number of carbonyl (C=O) groups excluding carboxylic acids is 1. The largest absolute Gasteiger partial charge is 0.472 e. The topological polar surface area (TPSA) is 91.3 Å². The average Bonchev–Trinajstić information content (AvgIpc) is 2.49. The highest BCUT2D eigenvalue weighted by atomic mass is 31.2. The second-order valence-corrected chi connectivity index (χ2v) is 6.92. The van der Waals surface area contributed by atoms with Crippen LogP contribution in [0.5, 0.6) is 0 Å².